The fraction of sp³-hybridized carbons (Fsp3) is 0.250. The molecule has 0 unspecified atom stereocenters. The molecule has 1 amide bonds. The number of rotatable bonds is 4. The summed E-state index contributed by atoms with van der Waals surface area (Å²) in [6, 6.07) is 12.5. The first-order valence-electron chi connectivity index (χ1n) is 8.58. The zero-order chi connectivity index (χ0) is 19.2. The highest BCUT2D eigenvalue weighted by molar-refractivity contribution is 5.96. The van der Waals surface area contributed by atoms with E-state index in [0.29, 0.717) is 29.6 Å². The highest BCUT2D eigenvalue weighted by Crippen LogP contribution is 2.40. The Hall–Kier alpha value is -3.35. The summed E-state index contributed by atoms with van der Waals surface area (Å²) in [6.45, 7) is 0. The van der Waals surface area contributed by atoms with Crippen molar-refractivity contribution in [3.05, 3.63) is 64.1 Å². The minimum absolute atomic E-state index is 0.131. The van der Waals surface area contributed by atoms with Gasteiger partial charge in [-0.05, 0) is 36.1 Å². The van der Waals surface area contributed by atoms with Gasteiger partial charge in [-0.1, -0.05) is 24.3 Å². The Morgan fingerprint density at radius 2 is 1.85 bits per heavy atom. The monoisotopic (exact) mass is 366 g/mol. The van der Waals surface area contributed by atoms with Gasteiger partial charge >= 0.3 is 11.7 Å². The summed E-state index contributed by atoms with van der Waals surface area (Å²) < 4.78 is 6.49. The molecule has 1 aromatic heterocycles. The molecule has 2 aromatic carbocycles. The Balaban J connectivity index is 1.55. The summed E-state index contributed by atoms with van der Waals surface area (Å²) in [4.78, 5) is 36.1. The van der Waals surface area contributed by atoms with Crippen molar-refractivity contribution < 1.29 is 19.1 Å². The van der Waals surface area contributed by atoms with E-state index in [9.17, 15) is 19.5 Å². The number of anilines is 1. The van der Waals surface area contributed by atoms with Crippen LogP contribution in [0.4, 0.5) is 5.69 Å². The van der Waals surface area contributed by atoms with Crippen LogP contribution in [0.2, 0.25) is 0 Å². The Labute approximate surface area is 154 Å². The largest absolute Gasteiger partial charge is 0.481 e. The smallest absolute Gasteiger partial charge is 0.419 e. The minimum Gasteiger partial charge on any atom is -0.481 e. The number of carbonyl (C=O) groups is 2. The van der Waals surface area contributed by atoms with Crippen molar-refractivity contribution in [2.45, 2.75) is 19.3 Å². The van der Waals surface area contributed by atoms with E-state index in [2.05, 4.69) is 5.32 Å². The molecule has 0 saturated carbocycles. The van der Waals surface area contributed by atoms with Gasteiger partial charge in [-0.25, -0.2) is 4.79 Å². The van der Waals surface area contributed by atoms with Crippen LogP contribution < -0.4 is 11.1 Å². The van der Waals surface area contributed by atoms with E-state index in [1.54, 1.807) is 25.2 Å². The molecular weight excluding hydrogens is 348 g/mol. The topological polar surface area (TPSA) is 102 Å². The Morgan fingerprint density at radius 1 is 1.19 bits per heavy atom. The van der Waals surface area contributed by atoms with E-state index in [0.717, 1.165) is 11.1 Å². The van der Waals surface area contributed by atoms with Gasteiger partial charge in [-0.15, -0.1) is 0 Å². The molecule has 0 fully saturated rings. The maximum atomic E-state index is 12.6. The second kappa shape index (κ2) is 6.12. The molecular formula is C20H18N2O5. The molecule has 0 bridgehead atoms. The number of nitrogens with one attached hydrogen (secondary N) is 1. The maximum Gasteiger partial charge on any atom is 0.419 e. The molecule has 0 atom stereocenters. The van der Waals surface area contributed by atoms with Gasteiger partial charge in [0.05, 0.1) is 10.9 Å². The van der Waals surface area contributed by atoms with Crippen molar-refractivity contribution in [3.8, 4) is 0 Å². The number of carbonyl (C=O) groups excluding carboxylic acids is 1. The van der Waals surface area contributed by atoms with E-state index in [1.807, 2.05) is 24.3 Å². The molecule has 7 nitrogen and oxygen atoms in total. The minimum atomic E-state index is -1.14. The van der Waals surface area contributed by atoms with Crippen LogP contribution in [0.15, 0.2) is 51.7 Å². The number of aliphatic carboxylic acids is 1. The van der Waals surface area contributed by atoms with Crippen LogP contribution in [-0.2, 0) is 29.5 Å². The molecule has 1 aliphatic carbocycles. The van der Waals surface area contributed by atoms with Crippen LogP contribution in [-0.4, -0.2) is 21.6 Å². The molecule has 1 heterocycles. The molecule has 3 aromatic rings. The molecule has 1 aliphatic rings. The van der Waals surface area contributed by atoms with Gasteiger partial charge in [0.25, 0.3) is 0 Å². The molecule has 138 valence electrons. The normalized spacial score (nSPS) is 14.9. The number of carboxylic acids is 1. The predicted molar refractivity (Wildman–Crippen MR) is 98.6 cm³/mol. The second-order valence-electron chi connectivity index (χ2n) is 7.04. The third-order valence-corrected chi connectivity index (χ3v) is 5.20. The van der Waals surface area contributed by atoms with Crippen molar-refractivity contribution in [1.29, 1.82) is 0 Å². The number of carboxylic acid groups (broad SMARTS) is 1. The summed E-state index contributed by atoms with van der Waals surface area (Å²) in [5.74, 6) is -1.84. The van der Waals surface area contributed by atoms with Crippen molar-refractivity contribution >= 4 is 28.7 Å². The number of nitrogens with zero attached hydrogens (tertiary/aromatic N) is 1. The van der Waals surface area contributed by atoms with Crippen LogP contribution in [0.25, 0.3) is 11.1 Å². The van der Waals surface area contributed by atoms with E-state index >= 15 is 0 Å². The summed E-state index contributed by atoms with van der Waals surface area (Å²) in [6.07, 6.45) is 0.533. The van der Waals surface area contributed by atoms with Crippen molar-refractivity contribution in [2.24, 2.45) is 12.5 Å². The molecule has 4 rings (SSSR count). The number of hydrogen-bond acceptors (Lipinski definition) is 4. The highest BCUT2D eigenvalue weighted by atomic mass is 16.4. The lowest BCUT2D eigenvalue weighted by Crippen LogP contribution is -2.36. The summed E-state index contributed by atoms with van der Waals surface area (Å²) in [5.41, 5.74) is 2.24. The van der Waals surface area contributed by atoms with Crippen molar-refractivity contribution in [2.75, 3.05) is 5.32 Å². The summed E-state index contributed by atoms with van der Waals surface area (Å²) in [7, 11) is 1.60. The number of aryl methyl sites for hydroxylation is 1. The van der Waals surface area contributed by atoms with Crippen LogP contribution >= 0.6 is 0 Å². The fourth-order valence-electron chi connectivity index (χ4n) is 3.77. The van der Waals surface area contributed by atoms with Gasteiger partial charge in [0, 0.05) is 25.2 Å². The zero-order valence-corrected chi connectivity index (χ0v) is 14.7. The molecule has 27 heavy (non-hydrogen) atoms. The van der Waals surface area contributed by atoms with E-state index in [-0.39, 0.29) is 12.3 Å². The Morgan fingerprint density at radius 3 is 2.48 bits per heavy atom. The number of benzene rings is 2. The van der Waals surface area contributed by atoms with Gasteiger partial charge in [0.15, 0.2) is 5.58 Å². The third-order valence-electron chi connectivity index (χ3n) is 5.20. The lowest BCUT2D eigenvalue weighted by molar-refractivity contribution is -0.150. The molecule has 0 saturated heterocycles. The van der Waals surface area contributed by atoms with Gasteiger partial charge in [0.1, 0.15) is 0 Å². The van der Waals surface area contributed by atoms with E-state index in [4.69, 9.17) is 4.42 Å². The van der Waals surface area contributed by atoms with E-state index < -0.39 is 17.1 Å². The number of oxazole rings is 1. The van der Waals surface area contributed by atoms with Crippen LogP contribution in [0.3, 0.4) is 0 Å². The summed E-state index contributed by atoms with van der Waals surface area (Å²) in [5, 5.41) is 12.5. The van der Waals surface area contributed by atoms with E-state index in [1.165, 1.54) is 4.57 Å². The third kappa shape index (κ3) is 2.91. The van der Waals surface area contributed by atoms with Gasteiger partial charge < -0.3 is 14.8 Å². The number of fused-ring (bicyclic) bond motifs is 2. The summed E-state index contributed by atoms with van der Waals surface area (Å²) >= 11 is 0. The standard InChI is InChI=1S/C20H18N2O5/c1-22-15-7-6-14(8-16(15)27-19(22)26)21-17(23)11-20(18(24)25)9-12-4-2-3-5-13(12)10-20/h2-8H,9-11H2,1H3,(H,21,23)(H,24,25). The molecule has 7 heteroatoms. The Kier molecular flexibility index (Phi) is 3.87. The van der Waals surface area contributed by atoms with Crippen molar-refractivity contribution in [3.63, 3.8) is 0 Å². The van der Waals surface area contributed by atoms with Crippen LogP contribution in [0, 0.1) is 5.41 Å². The highest BCUT2D eigenvalue weighted by Gasteiger charge is 2.45. The number of aromatic nitrogens is 1. The van der Waals surface area contributed by atoms with Crippen molar-refractivity contribution in [1.82, 2.24) is 4.57 Å². The quantitative estimate of drug-likeness (QED) is 0.738. The first-order valence-corrected chi connectivity index (χ1v) is 8.58. The first kappa shape index (κ1) is 17.1. The van der Waals surface area contributed by atoms with Gasteiger partial charge in [-0.2, -0.15) is 0 Å². The average molecular weight is 366 g/mol. The first-order chi connectivity index (χ1) is 12.9. The maximum absolute atomic E-state index is 12.6. The fourth-order valence-corrected chi connectivity index (χ4v) is 3.77. The molecule has 0 radical (unpaired) electrons. The molecule has 0 aliphatic heterocycles. The number of hydrogen-bond donors (Lipinski definition) is 2. The second-order valence-corrected chi connectivity index (χ2v) is 7.04. The lowest BCUT2D eigenvalue weighted by atomic mass is 9.81. The lowest BCUT2D eigenvalue weighted by Gasteiger charge is -2.23. The SMILES string of the molecule is Cn1c(=O)oc2cc(NC(=O)CC3(C(=O)O)Cc4ccccc4C3)ccc21. The van der Waals surface area contributed by atoms with Gasteiger partial charge in [0.2, 0.25) is 5.91 Å². The molecule has 0 spiro atoms. The Bertz CT molecular complexity index is 1100. The van der Waals surface area contributed by atoms with Gasteiger partial charge in [-0.3, -0.25) is 14.2 Å². The van der Waals surface area contributed by atoms with Crippen LogP contribution in [0.5, 0.6) is 0 Å². The van der Waals surface area contributed by atoms with Crippen LogP contribution in [0.1, 0.15) is 17.5 Å². The zero-order valence-electron chi connectivity index (χ0n) is 14.7. The molecule has 2 N–H and O–H groups in total. The average Bonchev–Trinajstić information content (AvgIpc) is 3.13. The predicted octanol–water partition coefficient (Wildman–Crippen LogP) is 2.33. The number of amides is 1.